The van der Waals surface area contributed by atoms with E-state index in [4.69, 9.17) is 9.47 Å². The molecule has 1 aliphatic carbocycles. The molecule has 1 saturated heterocycles. The third kappa shape index (κ3) is 3.40. The second-order valence-electron chi connectivity index (χ2n) is 7.46. The molecule has 3 aromatic carbocycles. The van der Waals surface area contributed by atoms with Gasteiger partial charge in [-0.1, -0.05) is 54.6 Å². The van der Waals surface area contributed by atoms with Crippen LogP contribution in [0.4, 0.5) is 8.78 Å². The minimum Gasteiger partial charge on any atom is -0.453 e. The minimum atomic E-state index is -0.604. The van der Waals surface area contributed by atoms with Gasteiger partial charge in [-0.05, 0) is 23.3 Å². The second-order valence-corrected chi connectivity index (χ2v) is 7.46. The van der Waals surface area contributed by atoms with Crippen LogP contribution < -0.4 is 10.1 Å². The Morgan fingerprint density at radius 3 is 2.53 bits per heavy atom. The average Bonchev–Trinajstić information content (AvgIpc) is 3.12. The summed E-state index contributed by atoms with van der Waals surface area (Å²) in [5.41, 5.74) is 3.84. The van der Waals surface area contributed by atoms with E-state index >= 15 is 0 Å². The number of benzene rings is 3. The van der Waals surface area contributed by atoms with Crippen molar-refractivity contribution in [2.24, 2.45) is 0 Å². The van der Waals surface area contributed by atoms with Crippen molar-refractivity contribution in [2.45, 2.75) is 12.0 Å². The molecule has 0 radical (unpaired) electrons. The van der Waals surface area contributed by atoms with Crippen LogP contribution in [0.1, 0.15) is 22.6 Å². The Morgan fingerprint density at radius 1 is 0.933 bits per heavy atom. The maximum Gasteiger partial charge on any atom is 0.166 e. The summed E-state index contributed by atoms with van der Waals surface area (Å²) in [5, 5.41) is 3.40. The number of hydrogen-bond donors (Lipinski definition) is 1. The highest BCUT2D eigenvalue weighted by Crippen LogP contribution is 2.50. The largest absolute Gasteiger partial charge is 0.453 e. The van der Waals surface area contributed by atoms with Gasteiger partial charge in [0.15, 0.2) is 11.6 Å². The maximum absolute atomic E-state index is 14.4. The maximum atomic E-state index is 14.4. The fourth-order valence-corrected chi connectivity index (χ4v) is 4.31. The van der Waals surface area contributed by atoms with Crippen LogP contribution in [0.25, 0.3) is 11.3 Å². The van der Waals surface area contributed by atoms with Crippen molar-refractivity contribution in [2.75, 3.05) is 19.7 Å². The van der Waals surface area contributed by atoms with Gasteiger partial charge in [-0.2, -0.15) is 0 Å². The summed E-state index contributed by atoms with van der Waals surface area (Å²) in [7, 11) is 0. The summed E-state index contributed by atoms with van der Waals surface area (Å²) in [5.74, 6) is -0.816. The molecule has 152 valence electrons. The molecular formula is C25H21F2NO2. The lowest BCUT2D eigenvalue weighted by atomic mass is 9.86. The molecule has 2 unspecified atom stereocenters. The van der Waals surface area contributed by atoms with E-state index in [1.54, 1.807) is 0 Å². The molecule has 5 rings (SSSR count). The molecule has 1 heterocycles. The molecule has 1 N–H and O–H groups in total. The highest BCUT2D eigenvalue weighted by atomic mass is 19.1. The normalized spacial score (nSPS) is 20.9. The lowest BCUT2D eigenvalue weighted by Gasteiger charge is -2.31. The molecule has 3 aromatic rings. The van der Waals surface area contributed by atoms with Crippen LogP contribution in [0.2, 0.25) is 0 Å². The molecule has 0 amide bonds. The van der Waals surface area contributed by atoms with Crippen molar-refractivity contribution >= 4 is 11.3 Å². The van der Waals surface area contributed by atoms with Crippen molar-refractivity contribution in [1.82, 2.24) is 5.32 Å². The van der Waals surface area contributed by atoms with Gasteiger partial charge in [0.25, 0.3) is 0 Å². The first-order valence-corrected chi connectivity index (χ1v) is 10.1. The number of morpholine rings is 1. The molecule has 2 atom stereocenters. The Balaban J connectivity index is 1.70. The Bertz CT molecular complexity index is 1090. The van der Waals surface area contributed by atoms with Crippen LogP contribution in [-0.4, -0.2) is 25.8 Å². The molecule has 0 aromatic heterocycles. The van der Waals surface area contributed by atoms with Gasteiger partial charge in [-0.15, -0.1) is 0 Å². The molecule has 2 aliphatic rings. The topological polar surface area (TPSA) is 30.5 Å². The molecule has 3 nitrogen and oxygen atoms in total. The molecule has 1 aliphatic heterocycles. The van der Waals surface area contributed by atoms with Gasteiger partial charge in [-0.3, -0.25) is 0 Å². The number of rotatable bonds is 4. The average molecular weight is 405 g/mol. The summed E-state index contributed by atoms with van der Waals surface area (Å²) in [4.78, 5) is 0. The van der Waals surface area contributed by atoms with E-state index in [9.17, 15) is 8.78 Å². The summed E-state index contributed by atoms with van der Waals surface area (Å²) >= 11 is 0. The summed E-state index contributed by atoms with van der Waals surface area (Å²) in [6.45, 7) is 2.14. The third-order valence-corrected chi connectivity index (χ3v) is 5.61. The zero-order chi connectivity index (χ0) is 20.5. The van der Waals surface area contributed by atoms with Crippen molar-refractivity contribution in [1.29, 1.82) is 0 Å². The van der Waals surface area contributed by atoms with E-state index in [1.807, 2.05) is 48.5 Å². The molecule has 5 heteroatoms. The third-order valence-electron chi connectivity index (χ3n) is 5.61. The van der Waals surface area contributed by atoms with E-state index in [0.29, 0.717) is 18.9 Å². The molecule has 0 bridgehead atoms. The van der Waals surface area contributed by atoms with Crippen LogP contribution in [0, 0.1) is 11.6 Å². The van der Waals surface area contributed by atoms with E-state index in [1.165, 1.54) is 0 Å². The first-order chi connectivity index (χ1) is 14.7. The zero-order valence-electron chi connectivity index (χ0n) is 16.3. The van der Waals surface area contributed by atoms with Crippen LogP contribution >= 0.6 is 0 Å². The van der Waals surface area contributed by atoms with Gasteiger partial charge in [0.1, 0.15) is 11.6 Å². The number of ether oxygens (including phenoxy) is 2. The Kier molecular flexibility index (Phi) is 5.07. The highest BCUT2D eigenvalue weighted by molar-refractivity contribution is 5.97. The van der Waals surface area contributed by atoms with Gasteiger partial charge < -0.3 is 14.8 Å². The second kappa shape index (κ2) is 8.01. The lowest BCUT2D eigenvalue weighted by Crippen LogP contribution is -2.41. The van der Waals surface area contributed by atoms with Crippen molar-refractivity contribution in [3.8, 4) is 5.75 Å². The quantitative estimate of drug-likeness (QED) is 0.663. The van der Waals surface area contributed by atoms with Gasteiger partial charge in [0.2, 0.25) is 0 Å². The molecule has 1 fully saturated rings. The van der Waals surface area contributed by atoms with E-state index in [-0.39, 0.29) is 17.8 Å². The number of halogens is 2. The van der Waals surface area contributed by atoms with E-state index < -0.39 is 11.6 Å². The standard InChI is InChI=1S/C25H21F2NO2/c26-17-10-11-20(27)21(14-17)30-25-19-9-5-4-8-18(19)24(22-15-28-12-13-29-22)23(25)16-6-2-1-3-7-16/h1-11,14,22,24,28H,12-13,15H2. The van der Waals surface area contributed by atoms with Gasteiger partial charge in [0, 0.05) is 36.2 Å². The lowest BCUT2D eigenvalue weighted by molar-refractivity contribution is 0.0222. The number of nitrogens with one attached hydrogen (secondary N) is 1. The fourth-order valence-electron chi connectivity index (χ4n) is 4.31. The summed E-state index contributed by atoms with van der Waals surface area (Å²) in [6.07, 6.45) is -0.0893. The molecule has 0 spiro atoms. The Hall–Kier alpha value is -3.02. The SMILES string of the molecule is Fc1ccc(F)c(OC2=C(c3ccccc3)C(C3CNCCO3)c3ccccc32)c1. The summed E-state index contributed by atoms with van der Waals surface area (Å²) in [6, 6.07) is 21.1. The fraction of sp³-hybridized carbons (Fsp3) is 0.200. The smallest absolute Gasteiger partial charge is 0.166 e. The van der Waals surface area contributed by atoms with Crippen molar-refractivity contribution in [3.63, 3.8) is 0 Å². The van der Waals surface area contributed by atoms with Crippen molar-refractivity contribution in [3.05, 3.63) is 101 Å². The number of fused-ring (bicyclic) bond motifs is 1. The van der Waals surface area contributed by atoms with Crippen LogP contribution in [0.15, 0.2) is 72.8 Å². The monoisotopic (exact) mass is 405 g/mol. The number of hydrogen-bond acceptors (Lipinski definition) is 3. The van der Waals surface area contributed by atoms with Gasteiger partial charge in [-0.25, -0.2) is 8.78 Å². The van der Waals surface area contributed by atoms with E-state index in [0.717, 1.165) is 47.0 Å². The molecule has 0 saturated carbocycles. The van der Waals surface area contributed by atoms with Crippen LogP contribution in [0.5, 0.6) is 5.75 Å². The first-order valence-electron chi connectivity index (χ1n) is 10.1. The predicted octanol–water partition coefficient (Wildman–Crippen LogP) is 5.00. The van der Waals surface area contributed by atoms with E-state index in [2.05, 4.69) is 11.4 Å². The van der Waals surface area contributed by atoms with Crippen molar-refractivity contribution < 1.29 is 18.3 Å². The predicted molar refractivity (Wildman–Crippen MR) is 112 cm³/mol. The highest BCUT2D eigenvalue weighted by Gasteiger charge is 2.40. The zero-order valence-corrected chi connectivity index (χ0v) is 16.3. The Morgan fingerprint density at radius 2 is 1.73 bits per heavy atom. The first kappa shape index (κ1) is 19.0. The summed E-state index contributed by atoms with van der Waals surface area (Å²) < 4.78 is 40.5. The molecular weight excluding hydrogens is 384 g/mol. The molecule has 30 heavy (non-hydrogen) atoms. The van der Waals surface area contributed by atoms with Crippen LogP contribution in [0.3, 0.4) is 0 Å². The van der Waals surface area contributed by atoms with Crippen LogP contribution in [-0.2, 0) is 4.74 Å². The Labute approximate surface area is 174 Å². The van der Waals surface area contributed by atoms with Gasteiger partial charge in [0.05, 0.1) is 12.7 Å². The minimum absolute atomic E-state index is 0.0805. The van der Waals surface area contributed by atoms with Gasteiger partial charge >= 0.3 is 0 Å².